The van der Waals surface area contributed by atoms with Crippen LogP contribution < -0.4 is 0 Å². The van der Waals surface area contributed by atoms with Gasteiger partial charge in [0.1, 0.15) is 0 Å². The second kappa shape index (κ2) is 7.22. The predicted octanol–water partition coefficient (Wildman–Crippen LogP) is 3.76. The molecule has 0 aromatic heterocycles. The first-order valence-corrected chi connectivity index (χ1v) is 6.69. The zero-order valence-corrected chi connectivity index (χ0v) is 11.8. The Hall–Kier alpha value is -0.280. The first kappa shape index (κ1) is 14.8. The van der Waals surface area contributed by atoms with Gasteiger partial charge in [-0.25, -0.2) is 0 Å². The molecule has 0 heterocycles. The molecule has 0 spiro atoms. The third-order valence-corrected chi connectivity index (χ3v) is 3.51. The monoisotopic (exact) mass is 275 g/mol. The van der Waals surface area contributed by atoms with Gasteiger partial charge in [0.05, 0.1) is 6.10 Å². The Balaban J connectivity index is 2.63. The maximum absolute atomic E-state index is 10.1. The van der Waals surface area contributed by atoms with Gasteiger partial charge in [-0.05, 0) is 37.7 Å². The van der Waals surface area contributed by atoms with Gasteiger partial charge < -0.3 is 10.0 Å². The lowest BCUT2D eigenvalue weighted by molar-refractivity contribution is 0.145. The van der Waals surface area contributed by atoms with Crippen LogP contribution >= 0.6 is 23.2 Å². The number of hydrogen-bond acceptors (Lipinski definition) is 2. The van der Waals surface area contributed by atoms with E-state index in [0.717, 1.165) is 19.6 Å². The van der Waals surface area contributed by atoms with E-state index < -0.39 is 6.10 Å². The summed E-state index contributed by atoms with van der Waals surface area (Å²) in [5.41, 5.74) is 0.714. The van der Waals surface area contributed by atoms with Crippen LogP contribution in [0.3, 0.4) is 0 Å². The Bertz CT molecular complexity index is 353. The van der Waals surface area contributed by atoms with Crippen molar-refractivity contribution in [1.29, 1.82) is 0 Å². The minimum absolute atomic E-state index is 0.554. The van der Waals surface area contributed by atoms with Crippen molar-refractivity contribution in [3.63, 3.8) is 0 Å². The van der Waals surface area contributed by atoms with Crippen molar-refractivity contribution in [2.24, 2.45) is 0 Å². The highest BCUT2D eigenvalue weighted by atomic mass is 35.5. The van der Waals surface area contributed by atoms with E-state index in [0.29, 0.717) is 22.0 Å². The molecule has 0 amide bonds. The number of nitrogens with zero attached hydrogens (tertiary/aromatic N) is 1. The minimum Gasteiger partial charge on any atom is -0.388 e. The fraction of sp³-hybridized carbons (Fsp3) is 0.538. The van der Waals surface area contributed by atoms with Crippen LogP contribution in [-0.2, 0) is 0 Å². The molecule has 1 rings (SSSR count). The van der Waals surface area contributed by atoms with Gasteiger partial charge in [-0.2, -0.15) is 0 Å². The number of halogens is 2. The van der Waals surface area contributed by atoms with Crippen molar-refractivity contribution in [2.75, 3.05) is 19.6 Å². The molecule has 1 aromatic carbocycles. The summed E-state index contributed by atoms with van der Waals surface area (Å²) in [7, 11) is 0. The molecule has 2 nitrogen and oxygen atoms in total. The molecule has 0 aliphatic heterocycles. The van der Waals surface area contributed by atoms with E-state index in [-0.39, 0.29) is 0 Å². The molecule has 0 aliphatic rings. The highest BCUT2D eigenvalue weighted by Gasteiger charge is 2.13. The van der Waals surface area contributed by atoms with Gasteiger partial charge in [-0.15, -0.1) is 0 Å². The Morgan fingerprint density at radius 2 is 1.88 bits per heavy atom. The summed E-state index contributed by atoms with van der Waals surface area (Å²) in [6.07, 6.45) is 0.115. The summed E-state index contributed by atoms with van der Waals surface area (Å²) >= 11 is 11.9. The van der Waals surface area contributed by atoms with E-state index in [1.54, 1.807) is 18.2 Å². The van der Waals surface area contributed by atoms with Crippen molar-refractivity contribution < 1.29 is 5.11 Å². The molecule has 0 saturated carbocycles. The average Bonchev–Trinajstić information content (AvgIpc) is 2.33. The van der Waals surface area contributed by atoms with E-state index in [4.69, 9.17) is 23.2 Å². The smallest absolute Gasteiger partial charge is 0.0817 e. The van der Waals surface area contributed by atoms with Crippen molar-refractivity contribution >= 4 is 23.2 Å². The van der Waals surface area contributed by atoms with Crippen LogP contribution in [0.25, 0.3) is 0 Å². The van der Waals surface area contributed by atoms with Gasteiger partial charge in [0.2, 0.25) is 0 Å². The van der Waals surface area contributed by atoms with Crippen LogP contribution in [0.2, 0.25) is 10.0 Å². The van der Waals surface area contributed by atoms with E-state index in [1.165, 1.54) is 0 Å². The zero-order chi connectivity index (χ0) is 12.8. The third-order valence-electron chi connectivity index (χ3n) is 2.93. The number of aliphatic hydroxyl groups excluding tert-OH is 1. The fourth-order valence-electron chi connectivity index (χ4n) is 1.77. The average molecular weight is 276 g/mol. The topological polar surface area (TPSA) is 23.5 Å². The predicted molar refractivity (Wildman–Crippen MR) is 73.8 cm³/mol. The largest absolute Gasteiger partial charge is 0.388 e. The van der Waals surface area contributed by atoms with Gasteiger partial charge in [-0.1, -0.05) is 37.0 Å². The van der Waals surface area contributed by atoms with Gasteiger partial charge in [0.25, 0.3) is 0 Å². The van der Waals surface area contributed by atoms with Crippen molar-refractivity contribution in [3.8, 4) is 0 Å². The van der Waals surface area contributed by atoms with Crippen LogP contribution in [0.5, 0.6) is 0 Å². The molecule has 1 atom stereocenters. The molecule has 0 aliphatic carbocycles. The van der Waals surface area contributed by atoms with Crippen LogP contribution in [0, 0.1) is 0 Å². The Morgan fingerprint density at radius 3 is 2.47 bits per heavy atom. The minimum atomic E-state index is -0.554. The van der Waals surface area contributed by atoms with Gasteiger partial charge in [-0.3, -0.25) is 0 Å². The van der Waals surface area contributed by atoms with E-state index in [2.05, 4.69) is 18.7 Å². The summed E-state index contributed by atoms with van der Waals surface area (Å²) in [6, 6.07) is 5.18. The Labute approximate surface area is 113 Å². The summed E-state index contributed by atoms with van der Waals surface area (Å²) in [6.45, 7) is 7.07. The lowest BCUT2D eigenvalue weighted by Gasteiger charge is -2.20. The van der Waals surface area contributed by atoms with Crippen LogP contribution in [0.1, 0.15) is 31.9 Å². The number of aliphatic hydroxyl groups is 1. The second-order valence-electron chi connectivity index (χ2n) is 4.00. The highest BCUT2D eigenvalue weighted by Crippen LogP contribution is 2.28. The molecule has 4 heteroatoms. The summed E-state index contributed by atoms with van der Waals surface area (Å²) in [5.74, 6) is 0. The maximum atomic E-state index is 10.1. The molecule has 1 aromatic rings. The maximum Gasteiger partial charge on any atom is 0.0817 e. The second-order valence-corrected chi connectivity index (χ2v) is 4.84. The molecular formula is C13H19Cl2NO. The molecule has 0 fully saturated rings. The van der Waals surface area contributed by atoms with E-state index >= 15 is 0 Å². The van der Waals surface area contributed by atoms with Crippen LogP contribution in [0.15, 0.2) is 18.2 Å². The SMILES string of the molecule is CCN(CC)CCC(O)c1cc(Cl)ccc1Cl. The lowest BCUT2D eigenvalue weighted by Crippen LogP contribution is -2.25. The number of hydrogen-bond donors (Lipinski definition) is 1. The van der Waals surface area contributed by atoms with Crippen molar-refractivity contribution in [2.45, 2.75) is 26.4 Å². The fourth-order valence-corrected chi connectivity index (χ4v) is 2.19. The molecular weight excluding hydrogens is 257 g/mol. The normalized spacial score (nSPS) is 13.1. The van der Waals surface area contributed by atoms with Gasteiger partial charge >= 0.3 is 0 Å². The van der Waals surface area contributed by atoms with Crippen molar-refractivity contribution in [1.82, 2.24) is 4.90 Å². The zero-order valence-electron chi connectivity index (χ0n) is 10.3. The quantitative estimate of drug-likeness (QED) is 0.855. The molecule has 0 radical (unpaired) electrons. The number of benzene rings is 1. The molecule has 17 heavy (non-hydrogen) atoms. The van der Waals surface area contributed by atoms with Gasteiger partial charge in [0.15, 0.2) is 0 Å². The van der Waals surface area contributed by atoms with Crippen LogP contribution in [0.4, 0.5) is 0 Å². The highest BCUT2D eigenvalue weighted by molar-refractivity contribution is 6.33. The summed E-state index contributed by atoms with van der Waals surface area (Å²) in [4.78, 5) is 2.27. The van der Waals surface area contributed by atoms with Crippen LogP contribution in [-0.4, -0.2) is 29.6 Å². The standard InChI is InChI=1S/C13H19Cl2NO/c1-3-16(4-2)8-7-13(17)11-9-10(14)5-6-12(11)15/h5-6,9,13,17H,3-4,7-8H2,1-2H3. The Morgan fingerprint density at radius 1 is 1.24 bits per heavy atom. The first-order valence-electron chi connectivity index (χ1n) is 5.93. The van der Waals surface area contributed by atoms with E-state index in [9.17, 15) is 5.11 Å². The molecule has 0 saturated heterocycles. The number of rotatable bonds is 6. The third kappa shape index (κ3) is 4.47. The summed E-state index contributed by atoms with van der Waals surface area (Å²) < 4.78 is 0. The summed E-state index contributed by atoms with van der Waals surface area (Å²) in [5, 5.41) is 11.3. The molecule has 1 unspecified atom stereocenters. The van der Waals surface area contributed by atoms with Crippen molar-refractivity contribution in [3.05, 3.63) is 33.8 Å². The Kier molecular flexibility index (Phi) is 6.28. The molecule has 1 N–H and O–H groups in total. The van der Waals surface area contributed by atoms with E-state index in [1.807, 2.05) is 0 Å². The van der Waals surface area contributed by atoms with Gasteiger partial charge in [0, 0.05) is 22.2 Å². The first-order chi connectivity index (χ1) is 8.08. The lowest BCUT2D eigenvalue weighted by atomic mass is 10.1. The molecule has 0 bridgehead atoms. The molecule has 96 valence electrons.